The number of nitrogens with zero attached hydrogens (tertiary/aromatic N) is 4. The van der Waals surface area contributed by atoms with Crippen molar-refractivity contribution in [3.05, 3.63) is 96.3 Å². The van der Waals surface area contributed by atoms with E-state index >= 15 is 0 Å². The number of primary amides is 1. The Kier molecular flexibility index (Phi) is 8.27. The van der Waals surface area contributed by atoms with Crippen LogP contribution in [-0.4, -0.2) is 51.5 Å². The highest BCUT2D eigenvalue weighted by Crippen LogP contribution is 2.23. The molecule has 9 nitrogen and oxygen atoms in total. The molecular formula is C29H30N6O3. The molecule has 2 heterocycles. The zero-order valence-electron chi connectivity index (χ0n) is 21.4. The molecule has 0 fully saturated rings. The molecule has 3 N–H and O–H groups in total. The van der Waals surface area contributed by atoms with Gasteiger partial charge in [-0.15, -0.1) is 0 Å². The molecule has 2 aromatic heterocycles. The van der Waals surface area contributed by atoms with Crippen molar-refractivity contribution < 1.29 is 14.4 Å². The smallest absolute Gasteiger partial charge is 0.287 e. The molecule has 2 amide bonds. The van der Waals surface area contributed by atoms with Gasteiger partial charge < -0.3 is 16.0 Å². The van der Waals surface area contributed by atoms with Gasteiger partial charge in [-0.3, -0.25) is 14.4 Å². The van der Waals surface area contributed by atoms with Gasteiger partial charge in [0.1, 0.15) is 6.04 Å². The number of hydrogen-bond acceptors (Lipinski definition) is 6. The summed E-state index contributed by atoms with van der Waals surface area (Å²) in [5.41, 5.74) is 9.03. The molecule has 0 saturated heterocycles. The summed E-state index contributed by atoms with van der Waals surface area (Å²) in [6.45, 7) is 6.08. The van der Waals surface area contributed by atoms with Crippen molar-refractivity contribution in [1.82, 2.24) is 20.1 Å². The molecule has 0 spiro atoms. The number of nitrogens with two attached hydrogens (primary N) is 1. The average Bonchev–Trinajstić information content (AvgIpc) is 3.44. The van der Waals surface area contributed by atoms with Crippen LogP contribution in [0.5, 0.6) is 0 Å². The molecule has 9 heteroatoms. The van der Waals surface area contributed by atoms with Gasteiger partial charge in [0.15, 0.2) is 5.82 Å². The number of rotatable bonds is 11. The van der Waals surface area contributed by atoms with Crippen LogP contribution in [0.1, 0.15) is 29.8 Å². The lowest BCUT2D eigenvalue weighted by molar-refractivity contribution is -0.137. The SMILES string of the molecule is CCN(CC)c1ccc(-c2ccn(-c3ncccc3C(=O)NC(Cc3ccccc3)C(=O)C(N)=O)n2)cc1. The van der Waals surface area contributed by atoms with Crippen LogP contribution in [0, 0.1) is 0 Å². The van der Waals surface area contributed by atoms with Gasteiger partial charge >= 0.3 is 0 Å². The summed E-state index contributed by atoms with van der Waals surface area (Å²) in [6.07, 6.45) is 3.41. The van der Waals surface area contributed by atoms with Crippen molar-refractivity contribution in [2.75, 3.05) is 18.0 Å². The van der Waals surface area contributed by atoms with E-state index in [1.54, 1.807) is 24.5 Å². The molecule has 1 unspecified atom stereocenters. The summed E-state index contributed by atoms with van der Waals surface area (Å²) in [6, 6.07) is 21.2. The highest BCUT2D eigenvalue weighted by atomic mass is 16.2. The summed E-state index contributed by atoms with van der Waals surface area (Å²) in [4.78, 5) is 44.1. The molecule has 0 aliphatic carbocycles. The largest absolute Gasteiger partial charge is 0.372 e. The molecule has 1 atom stereocenters. The van der Waals surface area contributed by atoms with Crippen LogP contribution in [0.2, 0.25) is 0 Å². The third-order valence-corrected chi connectivity index (χ3v) is 6.28. The number of pyridine rings is 1. The van der Waals surface area contributed by atoms with Gasteiger partial charge in [-0.1, -0.05) is 42.5 Å². The normalized spacial score (nSPS) is 11.5. The molecule has 0 aliphatic heterocycles. The second-order valence-corrected chi connectivity index (χ2v) is 8.68. The van der Waals surface area contributed by atoms with E-state index in [0.29, 0.717) is 5.82 Å². The van der Waals surface area contributed by atoms with Crippen LogP contribution in [0.15, 0.2) is 85.2 Å². The van der Waals surface area contributed by atoms with E-state index in [1.807, 2.05) is 48.5 Å². The predicted octanol–water partition coefficient (Wildman–Crippen LogP) is 3.18. The molecule has 0 saturated carbocycles. The monoisotopic (exact) mass is 510 g/mol. The van der Waals surface area contributed by atoms with Crippen LogP contribution in [0.4, 0.5) is 5.69 Å². The molecule has 0 aliphatic rings. The number of hydrogen-bond donors (Lipinski definition) is 2. The first-order chi connectivity index (χ1) is 18.4. The maximum atomic E-state index is 13.3. The molecule has 194 valence electrons. The Labute approximate surface area is 221 Å². The highest BCUT2D eigenvalue weighted by molar-refractivity contribution is 6.38. The first-order valence-electron chi connectivity index (χ1n) is 12.5. The van der Waals surface area contributed by atoms with Gasteiger partial charge in [0, 0.05) is 43.2 Å². The zero-order valence-corrected chi connectivity index (χ0v) is 21.4. The van der Waals surface area contributed by atoms with E-state index in [9.17, 15) is 14.4 Å². The number of benzene rings is 2. The van der Waals surface area contributed by atoms with Crippen molar-refractivity contribution in [2.45, 2.75) is 26.3 Å². The molecule has 4 rings (SSSR count). The van der Waals surface area contributed by atoms with Gasteiger partial charge in [-0.2, -0.15) is 5.10 Å². The molecule has 38 heavy (non-hydrogen) atoms. The fourth-order valence-corrected chi connectivity index (χ4v) is 4.25. The molecular weight excluding hydrogens is 480 g/mol. The van der Waals surface area contributed by atoms with Crippen molar-refractivity contribution in [1.29, 1.82) is 0 Å². The van der Waals surface area contributed by atoms with Gasteiger partial charge in [0.2, 0.25) is 5.78 Å². The van der Waals surface area contributed by atoms with Crippen LogP contribution >= 0.6 is 0 Å². The molecule has 2 aromatic carbocycles. The Balaban J connectivity index is 1.58. The Morgan fingerprint density at radius 2 is 1.66 bits per heavy atom. The Bertz CT molecular complexity index is 1410. The maximum absolute atomic E-state index is 13.3. The molecule has 4 aromatic rings. The van der Waals surface area contributed by atoms with Crippen LogP contribution in [-0.2, 0) is 16.0 Å². The van der Waals surface area contributed by atoms with Crippen molar-refractivity contribution in [3.8, 4) is 17.1 Å². The second-order valence-electron chi connectivity index (χ2n) is 8.68. The fourth-order valence-electron chi connectivity index (χ4n) is 4.25. The van der Waals surface area contributed by atoms with Crippen LogP contribution in [0.25, 0.3) is 17.1 Å². The minimum absolute atomic E-state index is 0.124. The van der Waals surface area contributed by atoms with Gasteiger partial charge in [-0.05, 0) is 49.7 Å². The van der Waals surface area contributed by atoms with E-state index in [-0.39, 0.29) is 12.0 Å². The third kappa shape index (κ3) is 5.95. The van der Waals surface area contributed by atoms with Crippen molar-refractivity contribution in [2.24, 2.45) is 5.73 Å². The minimum Gasteiger partial charge on any atom is -0.372 e. The van der Waals surface area contributed by atoms with Gasteiger partial charge in [0.05, 0.1) is 11.3 Å². The Morgan fingerprint density at radius 1 is 0.947 bits per heavy atom. The number of nitrogens with one attached hydrogen (secondary N) is 1. The quantitative estimate of drug-likeness (QED) is 0.299. The van der Waals surface area contributed by atoms with Gasteiger partial charge in [0.25, 0.3) is 11.8 Å². The summed E-state index contributed by atoms with van der Waals surface area (Å²) in [5, 5.41) is 7.30. The van der Waals surface area contributed by atoms with E-state index in [0.717, 1.165) is 35.6 Å². The maximum Gasteiger partial charge on any atom is 0.287 e. The lowest BCUT2D eigenvalue weighted by Crippen LogP contribution is -2.47. The van der Waals surface area contributed by atoms with Crippen molar-refractivity contribution >= 4 is 23.3 Å². The lowest BCUT2D eigenvalue weighted by Gasteiger charge is -2.20. The zero-order chi connectivity index (χ0) is 27.1. The number of carbonyl (C=O) groups is 3. The lowest BCUT2D eigenvalue weighted by atomic mass is 10.0. The Hall–Kier alpha value is -4.79. The van der Waals surface area contributed by atoms with Crippen LogP contribution < -0.4 is 16.0 Å². The second kappa shape index (κ2) is 12.0. The fraction of sp³-hybridized carbons (Fsp3) is 0.207. The topological polar surface area (TPSA) is 123 Å². The number of aromatic nitrogens is 3. The molecule has 0 radical (unpaired) electrons. The summed E-state index contributed by atoms with van der Waals surface area (Å²) < 4.78 is 1.52. The highest BCUT2D eigenvalue weighted by Gasteiger charge is 2.27. The van der Waals surface area contributed by atoms with Crippen molar-refractivity contribution in [3.63, 3.8) is 0 Å². The molecule has 0 bridgehead atoms. The standard InChI is InChI=1S/C29H30N6O3/c1-3-34(4-2)22-14-12-21(13-15-22)24-16-18-35(33-24)28-23(11-8-17-31-28)29(38)32-25(26(36)27(30)37)19-20-9-6-5-7-10-20/h5-18,25H,3-4,19H2,1-2H3,(H2,30,37)(H,32,38). The number of ketones is 1. The first-order valence-corrected chi connectivity index (χ1v) is 12.5. The number of carbonyl (C=O) groups excluding carboxylic acids is 3. The van der Waals surface area contributed by atoms with Crippen LogP contribution in [0.3, 0.4) is 0 Å². The summed E-state index contributed by atoms with van der Waals surface area (Å²) in [7, 11) is 0. The number of amides is 2. The Morgan fingerprint density at radius 3 is 2.32 bits per heavy atom. The minimum atomic E-state index is -1.12. The third-order valence-electron chi connectivity index (χ3n) is 6.28. The summed E-state index contributed by atoms with van der Waals surface area (Å²) >= 11 is 0. The first kappa shape index (κ1) is 26.3. The number of anilines is 1. The van der Waals surface area contributed by atoms with E-state index in [2.05, 4.69) is 46.3 Å². The number of Topliss-reactive ketones (excluding diaryl/α,β-unsaturated/α-hetero) is 1. The van der Waals surface area contributed by atoms with E-state index < -0.39 is 23.6 Å². The van der Waals surface area contributed by atoms with E-state index in [4.69, 9.17) is 5.73 Å². The predicted molar refractivity (Wildman–Crippen MR) is 146 cm³/mol. The summed E-state index contributed by atoms with van der Waals surface area (Å²) in [5.74, 6) is -2.26. The van der Waals surface area contributed by atoms with E-state index in [1.165, 1.54) is 4.68 Å². The average molecular weight is 511 g/mol. The van der Waals surface area contributed by atoms with Gasteiger partial charge in [-0.25, -0.2) is 9.67 Å².